The molecule has 2 rings (SSSR count). The molecule has 1 aromatic heterocycles. The van der Waals surface area contributed by atoms with Crippen LogP contribution in [0.3, 0.4) is 0 Å². The molecule has 2 heteroatoms. The lowest BCUT2D eigenvalue weighted by molar-refractivity contribution is 0.514. The average Bonchev–Trinajstić information content (AvgIpc) is 2.43. The topological polar surface area (TPSA) is 17.8 Å². The smallest absolute Gasteiger partial charge is 0.105 e. The maximum Gasteiger partial charge on any atom is 0.105 e. The summed E-state index contributed by atoms with van der Waals surface area (Å²) in [7, 11) is 2.12. The van der Waals surface area contributed by atoms with Gasteiger partial charge in [-0.25, -0.2) is 4.98 Å². The van der Waals surface area contributed by atoms with Crippen LogP contribution in [-0.2, 0) is 13.5 Å². The van der Waals surface area contributed by atoms with Crippen molar-refractivity contribution in [3.63, 3.8) is 0 Å². The number of rotatable bonds is 0. The lowest BCUT2D eigenvalue weighted by Crippen LogP contribution is -2.02. The van der Waals surface area contributed by atoms with E-state index in [1.165, 1.54) is 17.8 Å². The third-order valence-electron chi connectivity index (χ3n) is 3.27. The van der Waals surface area contributed by atoms with Crippen molar-refractivity contribution in [2.75, 3.05) is 0 Å². The Labute approximate surface area is 73.6 Å². The molecule has 2 atom stereocenters. The van der Waals surface area contributed by atoms with Gasteiger partial charge in [-0.05, 0) is 19.3 Å². The molecule has 0 fully saturated rings. The zero-order valence-electron chi connectivity index (χ0n) is 8.26. The van der Waals surface area contributed by atoms with Gasteiger partial charge in [0.2, 0.25) is 0 Å². The molecule has 0 spiro atoms. The third-order valence-corrected chi connectivity index (χ3v) is 3.27. The molecular weight excluding hydrogens is 148 g/mol. The highest BCUT2D eigenvalue weighted by atomic mass is 15.1. The number of imidazole rings is 1. The maximum absolute atomic E-state index is 4.59. The van der Waals surface area contributed by atoms with E-state index in [0.29, 0.717) is 5.92 Å². The molecule has 1 aliphatic carbocycles. The number of fused-ring (bicyclic) bond motifs is 1. The number of hydrogen-bond acceptors (Lipinski definition) is 1. The predicted molar refractivity (Wildman–Crippen MR) is 49.2 cm³/mol. The van der Waals surface area contributed by atoms with Crippen molar-refractivity contribution in [3.8, 4) is 0 Å². The number of nitrogens with zero attached hydrogens (tertiary/aromatic N) is 2. The van der Waals surface area contributed by atoms with Gasteiger partial charge in [-0.3, -0.25) is 0 Å². The first-order valence-corrected chi connectivity index (χ1v) is 4.63. The molecule has 0 saturated carbocycles. The van der Waals surface area contributed by atoms with Crippen LogP contribution in [0.25, 0.3) is 0 Å². The van der Waals surface area contributed by atoms with E-state index in [0.717, 1.165) is 11.7 Å². The van der Waals surface area contributed by atoms with E-state index in [9.17, 15) is 0 Å². The van der Waals surface area contributed by atoms with Crippen LogP contribution >= 0.6 is 0 Å². The van der Waals surface area contributed by atoms with Gasteiger partial charge in [-0.15, -0.1) is 0 Å². The van der Waals surface area contributed by atoms with Crippen LogP contribution in [0.4, 0.5) is 0 Å². The van der Waals surface area contributed by atoms with Gasteiger partial charge in [0, 0.05) is 18.7 Å². The van der Waals surface area contributed by atoms with Gasteiger partial charge in [-0.1, -0.05) is 13.8 Å². The molecule has 0 N–H and O–H groups in total. The van der Waals surface area contributed by atoms with Crippen LogP contribution in [0.5, 0.6) is 0 Å². The monoisotopic (exact) mass is 164 g/mol. The Morgan fingerprint density at radius 1 is 1.42 bits per heavy atom. The summed E-state index contributed by atoms with van der Waals surface area (Å²) in [5, 5.41) is 0. The summed E-state index contributed by atoms with van der Waals surface area (Å²) in [6.07, 6.45) is 1.20. The van der Waals surface area contributed by atoms with E-state index < -0.39 is 0 Å². The van der Waals surface area contributed by atoms with Crippen molar-refractivity contribution in [3.05, 3.63) is 17.2 Å². The zero-order chi connectivity index (χ0) is 8.88. The Hall–Kier alpha value is -0.790. The summed E-state index contributed by atoms with van der Waals surface area (Å²) in [5.74, 6) is 2.58. The van der Waals surface area contributed by atoms with Gasteiger partial charge in [0.05, 0.1) is 5.69 Å². The van der Waals surface area contributed by atoms with Gasteiger partial charge in [0.1, 0.15) is 5.82 Å². The second-order valence-corrected chi connectivity index (χ2v) is 4.02. The summed E-state index contributed by atoms with van der Waals surface area (Å²) >= 11 is 0. The normalized spacial score (nSPS) is 27.7. The fraction of sp³-hybridized carbons (Fsp3) is 0.700. The van der Waals surface area contributed by atoms with Crippen LogP contribution < -0.4 is 0 Å². The molecule has 2 nitrogen and oxygen atoms in total. The van der Waals surface area contributed by atoms with Crippen molar-refractivity contribution in [1.29, 1.82) is 0 Å². The molecule has 0 unspecified atom stereocenters. The quantitative estimate of drug-likeness (QED) is 0.573. The standard InChI is InChI=1S/C10H16N2/c1-6-5-9-10(7(6)2)11-8(3)12(9)4/h6-7H,5H2,1-4H3/t6-,7-/m1/s1. The Bertz CT molecular complexity index is 312. The highest BCUT2D eigenvalue weighted by molar-refractivity contribution is 5.26. The van der Waals surface area contributed by atoms with Crippen LogP contribution in [-0.4, -0.2) is 9.55 Å². The number of hydrogen-bond donors (Lipinski definition) is 0. The van der Waals surface area contributed by atoms with Crippen LogP contribution in [0.15, 0.2) is 0 Å². The second kappa shape index (κ2) is 2.35. The van der Waals surface area contributed by atoms with Crippen LogP contribution in [0.2, 0.25) is 0 Å². The summed E-state index contributed by atoms with van der Waals surface area (Å²) in [5.41, 5.74) is 2.79. The first-order valence-electron chi connectivity index (χ1n) is 4.63. The second-order valence-electron chi connectivity index (χ2n) is 4.02. The SMILES string of the molecule is Cc1nc2c(n1C)C[C@@H](C)[C@H]2C. The summed E-state index contributed by atoms with van der Waals surface area (Å²) in [6.45, 7) is 6.67. The molecule has 1 aliphatic rings. The molecule has 0 amide bonds. The zero-order valence-corrected chi connectivity index (χ0v) is 8.26. The molecule has 0 radical (unpaired) electrons. The van der Waals surface area contributed by atoms with Gasteiger partial charge >= 0.3 is 0 Å². The predicted octanol–water partition coefficient (Wildman–Crippen LogP) is 2.02. The number of aryl methyl sites for hydroxylation is 1. The Morgan fingerprint density at radius 2 is 2.08 bits per heavy atom. The highest BCUT2D eigenvalue weighted by Gasteiger charge is 2.30. The molecule has 1 heterocycles. The van der Waals surface area contributed by atoms with Crippen molar-refractivity contribution < 1.29 is 0 Å². The van der Waals surface area contributed by atoms with Crippen molar-refractivity contribution in [2.45, 2.75) is 33.1 Å². The first-order chi connectivity index (χ1) is 5.61. The highest BCUT2D eigenvalue weighted by Crippen LogP contribution is 2.36. The van der Waals surface area contributed by atoms with E-state index in [1.807, 2.05) is 0 Å². The minimum absolute atomic E-state index is 0.653. The van der Waals surface area contributed by atoms with Crippen LogP contribution in [0, 0.1) is 12.8 Å². The number of aromatic nitrogens is 2. The van der Waals surface area contributed by atoms with E-state index in [4.69, 9.17) is 0 Å². The molecule has 0 aliphatic heterocycles. The van der Waals surface area contributed by atoms with E-state index >= 15 is 0 Å². The largest absolute Gasteiger partial charge is 0.335 e. The fourth-order valence-electron chi connectivity index (χ4n) is 2.04. The van der Waals surface area contributed by atoms with Gasteiger partial charge in [0.25, 0.3) is 0 Å². The minimum Gasteiger partial charge on any atom is -0.335 e. The van der Waals surface area contributed by atoms with E-state index in [-0.39, 0.29) is 0 Å². The van der Waals surface area contributed by atoms with E-state index in [1.54, 1.807) is 0 Å². The Balaban J connectivity index is 2.52. The Kier molecular flexibility index (Phi) is 1.53. The lowest BCUT2D eigenvalue weighted by Gasteiger charge is -2.08. The summed E-state index contributed by atoms with van der Waals surface area (Å²) in [6, 6.07) is 0. The molecule has 1 aromatic rings. The van der Waals surface area contributed by atoms with Crippen molar-refractivity contribution in [2.24, 2.45) is 13.0 Å². The van der Waals surface area contributed by atoms with Crippen molar-refractivity contribution in [1.82, 2.24) is 9.55 Å². The summed E-state index contributed by atoms with van der Waals surface area (Å²) in [4.78, 5) is 4.59. The minimum atomic E-state index is 0.653. The third kappa shape index (κ3) is 0.838. The van der Waals surface area contributed by atoms with Gasteiger partial charge in [0.15, 0.2) is 0 Å². The molecule has 0 saturated heterocycles. The Morgan fingerprint density at radius 3 is 2.67 bits per heavy atom. The van der Waals surface area contributed by atoms with Crippen LogP contribution in [0.1, 0.15) is 37.0 Å². The lowest BCUT2D eigenvalue weighted by atomic mass is 9.99. The molecular formula is C10H16N2. The van der Waals surface area contributed by atoms with Gasteiger partial charge in [-0.2, -0.15) is 0 Å². The van der Waals surface area contributed by atoms with Crippen molar-refractivity contribution >= 4 is 0 Å². The molecule has 0 bridgehead atoms. The molecule has 66 valence electrons. The maximum atomic E-state index is 4.59. The molecule has 12 heavy (non-hydrogen) atoms. The molecule has 0 aromatic carbocycles. The fourth-order valence-corrected chi connectivity index (χ4v) is 2.04. The summed E-state index contributed by atoms with van der Waals surface area (Å²) < 4.78 is 2.23. The average molecular weight is 164 g/mol. The first kappa shape index (κ1) is 7.84. The van der Waals surface area contributed by atoms with E-state index in [2.05, 4.69) is 37.4 Å². The van der Waals surface area contributed by atoms with Gasteiger partial charge < -0.3 is 4.57 Å².